The number of unbranched alkanes of at least 4 members (excludes halogenated alkanes) is 2. The second-order valence-electron chi connectivity index (χ2n) is 4.19. The second kappa shape index (κ2) is 6.49. The predicted molar refractivity (Wildman–Crippen MR) is 62.8 cm³/mol. The fraction of sp³-hybridized carbons (Fsp3) is 1.00. The van der Waals surface area contributed by atoms with Crippen molar-refractivity contribution in [3.63, 3.8) is 0 Å². The van der Waals surface area contributed by atoms with Crippen LogP contribution < -0.4 is 4.72 Å². The summed E-state index contributed by atoms with van der Waals surface area (Å²) in [6, 6.07) is 0. The van der Waals surface area contributed by atoms with E-state index in [0.29, 0.717) is 12.8 Å². The molecule has 0 aliphatic carbocycles. The molecule has 0 amide bonds. The summed E-state index contributed by atoms with van der Waals surface area (Å²) in [4.78, 5) is 0. The molecule has 0 rings (SSSR count). The van der Waals surface area contributed by atoms with Gasteiger partial charge in [-0.3, -0.25) is 4.55 Å². The molecule has 2 N–H and O–H groups in total. The van der Waals surface area contributed by atoms with Gasteiger partial charge in [-0.25, -0.2) is 13.1 Å². The van der Waals surface area contributed by atoms with Crippen LogP contribution in [0.2, 0.25) is 0 Å². The molecule has 0 radical (unpaired) electrons. The van der Waals surface area contributed by atoms with Gasteiger partial charge < -0.3 is 0 Å². The van der Waals surface area contributed by atoms with Crippen molar-refractivity contribution in [1.29, 1.82) is 0 Å². The van der Waals surface area contributed by atoms with E-state index in [4.69, 9.17) is 4.55 Å². The minimum Gasteiger partial charge on any atom is -0.281 e. The molecule has 0 unspecified atom stereocenters. The van der Waals surface area contributed by atoms with E-state index >= 15 is 0 Å². The lowest BCUT2D eigenvalue weighted by atomic mass is 10.3. The number of rotatable bonds is 9. The molecule has 0 bridgehead atoms. The average molecular weight is 381 g/mol. The van der Waals surface area contributed by atoms with E-state index in [9.17, 15) is 43.2 Å². The minimum absolute atomic E-state index is 0.0356. The van der Waals surface area contributed by atoms with E-state index in [2.05, 4.69) is 0 Å². The lowest BCUT2D eigenvalue weighted by Gasteiger charge is -2.30. The standard InChI is InChI=1S/C8H13F6NO5S2/c1-2-3-4-5-15-21(16,17)7(11,12)6(9,10)8(13,14)22(18,19)20/h15H,2-5H2,1H3,(H,18,19,20). The van der Waals surface area contributed by atoms with Crippen molar-refractivity contribution >= 4 is 20.1 Å². The maximum Gasteiger partial charge on any atom is 0.439 e. The van der Waals surface area contributed by atoms with Crippen molar-refractivity contribution < 1.29 is 47.7 Å². The van der Waals surface area contributed by atoms with E-state index in [-0.39, 0.29) is 6.42 Å². The van der Waals surface area contributed by atoms with Crippen LogP contribution in [0, 0.1) is 0 Å². The highest BCUT2D eigenvalue weighted by Crippen LogP contribution is 2.50. The summed E-state index contributed by atoms with van der Waals surface area (Å²) in [5.41, 5.74) is 0. The van der Waals surface area contributed by atoms with Gasteiger partial charge in [-0.15, -0.1) is 0 Å². The number of sulfonamides is 1. The molecule has 14 heteroatoms. The predicted octanol–water partition coefficient (Wildman–Crippen LogP) is 1.80. The molecule has 0 aliphatic heterocycles. The smallest absolute Gasteiger partial charge is 0.281 e. The van der Waals surface area contributed by atoms with Gasteiger partial charge in [0.15, 0.2) is 0 Å². The van der Waals surface area contributed by atoms with Gasteiger partial charge in [0.25, 0.3) is 10.0 Å². The topological polar surface area (TPSA) is 101 Å². The summed E-state index contributed by atoms with van der Waals surface area (Å²) < 4.78 is 130. The van der Waals surface area contributed by atoms with Crippen LogP contribution in [-0.4, -0.2) is 44.4 Å². The first-order valence-corrected chi connectivity index (χ1v) is 8.58. The van der Waals surface area contributed by atoms with Crippen LogP contribution in [0.4, 0.5) is 26.3 Å². The van der Waals surface area contributed by atoms with Crippen molar-refractivity contribution in [2.75, 3.05) is 6.54 Å². The Balaban J connectivity index is 5.61. The van der Waals surface area contributed by atoms with E-state index in [1.807, 2.05) is 0 Å². The molecule has 0 fully saturated rings. The Morgan fingerprint density at radius 2 is 1.36 bits per heavy atom. The van der Waals surface area contributed by atoms with Crippen LogP contribution >= 0.6 is 0 Å². The number of hydrogen-bond donors (Lipinski definition) is 2. The van der Waals surface area contributed by atoms with Gasteiger partial charge in [-0.2, -0.15) is 34.8 Å². The molecule has 0 aromatic heterocycles. The van der Waals surface area contributed by atoms with Crippen LogP contribution in [0.5, 0.6) is 0 Å². The van der Waals surface area contributed by atoms with Gasteiger partial charge in [0.1, 0.15) is 0 Å². The van der Waals surface area contributed by atoms with Crippen molar-refractivity contribution in [2.24, 2.45) is 0 Å². The first kappa shape index (κ1) is 21.4. The Kier molecular flexibility index (Phi) is 6.31. The monoisotopic (exact) mass is 381 g/mol. The van der Waals surface area contributed by atoms with Gasteiger partial charge in [0.05, 0.1) is 0 Å². The molecule has 6 nitrogen and oxygen atoms in total. The van der Waals surface area contributed by atoms with E-state index in [0.717, 1.165) is 4.72 Å². The molecule has 22 heavy (non-hydrogen) atoms. The Morgan fingerprint density at radius 3 is 1.73 bits per heavy atom. The zero-order valence-corrected chi connectivity index (χ0v) is 12.6. The molecule has 0 saturated heterocycles. The second-order valence-corrected chi connectivity index (χ2v) is 7.46. The van der Waals surface area contributed by atoms with E-state index in [1.165, 1.54) is 0 Å². The van der Waals surface area contributed by atoms with Crippen LogP contribution in [0.3, 0.4) is 0 Å². The zero-order valence-electron chi connectivity index (χ0n) is 11.0. The lowest BCUT2D eigenvalue weighted by molar-refractivity contribution is -0.246. The highest BCUT2D eigenvalue weighted by atomic mass is 32.2. The zero-order chi connectivity index (χ0) is 18.0. The fourth-order valence-electron chi connectivity index (χ4n) is 1.17. The van der Waals surface area contributed by atoms with Crippen LogP contribution in [0.1, 0.15) is 26.2 Å². The van der Waals surface area contributed by atoms with Gasteiger partial charge in [-0.1, -0.05) is 19.8 Å². The molecule has 0 atom stereocenters. The third-order valence-corrected chi connectivity index (χ3v) is 4.88. The highest BCUT2D eigenvalue weighted by molar-refractivity contribution is 7.90. The highest BCUT2D eigenvalue weighted by Gasteiger charge is 2.82. The van der Waals surface area contributed by atoms with Crippen molar-refractivity contribution in [2.45, 2.75) is 42.6 Å². The Hall–Kier alpha value is -0.600. The third-order valence-electron chi connectivity index (χ3n) is 2.46. The molecule has 0 aromatic rings. The largest absolute Gasteiger partial charge is 0.439 e. The maximum atomic E-state index is 13.3. The van der Waals surface area contributed by atoms with Gasteiger partial charge in [-0.05, 0) is 6.42 Å². The number of hydrogen-bond acceptors (Lipinski definition) is 4. The van der Waals surface area contributed by atoms with E-state index in [1.54, 1.807) is 6.92 Å². The molecular weight excluding hydrogens is 368 g/mol. The summed E-state index contributed by atoms with van der Waals surface area (Å²) in [6.45, 7) is 0.920. The molecule has 0 saturated carbocycles. The Labute approximate surface area is 122 Å². The quantitative estimate of drug-likeness (QED) is 0.360. The Bertz CT molecular complexity index is 588. The van der Waals surface area contributed by atoms with Gasteiger partial charge in [0, 0.05) is 6.54 Å². The summed E-state index contributed by atoms with van der Waals surface area (Å²) >= 11 is 0. The molecule has 0 aliphatic rings. The van der Waals surface area contributed by atoms with Crippen molar-refractivity contribution in [1.82, 2.24) is 4.72 Å². The molecular formula is C8H13F6NO5S2. The molecule has 0 spiro atoms. The third kappa shape index (κ3) is 3.65. The lowest BCUT2D eigenvalue weighted by Crippen LogP contribution is -2.62. The van der Waals surface area contributed by atoms with Gasteiger partial charge in [0.2, 0.25) is 0 Å². The van der Waals surface area contributed by atoms with Crippen LogP contribution in [-0.2, 0) is 20.1 Å². The fourth-order valence-corrected chi connectivity index (χ4v) is 2.75. The number of alkyl halides is 6. The minimum atomic E-state index is -6.99. The Morgan fingerprint density at radius 1 is 0.909 bits per heavy atom. The first-order chi connectivity index (χ1) is 9.56. The summed E-state index contributed by atoms with van der Waals surface area (Å²) in [5, 5.41) is -13.2. The first-order valence-electron chi connectivity index (χ1n) is 5.66. The normalized spacial score (nSPS) is 15.1. The van der Waals surface area contributed by atoms with Gasteiger partial charge >= 0.3 is 26.5 Å². The number of nitrogens with one attached hydrogen (secondary N) is 1. The van der Waals surface area contributed by atoms with Crippen LogP contribution in [0.15, 0.2) is 0 Å². The van der Waals surface area contributed by atoms with Crippen LogP contribution in [0.25, 0.3) is 0 Å². The summed E-state index contributed by atoms with van der Waals surface area (Å²) in [7, 11) is -13.3. The maximum absolute atomic E-state index is 13.3. The summed E-state index contributed by atoms with van der Waals surface area (Å²) in [5.74, 6) is -6.90. The SMILES string of the molecule is CCCCCNS(=O)(=O)C(F)(F)C(F)(F)C(F)(F)S(=O)(=O)O. The molecule has 134 valence electrons. The van der Waals surface area contributed by atoms with Crippen molar-refractivity contribution in [3.8, 4) is 0 Å². The van der Waals surface area contributed by atoms with Crippen molar-refractivity contribution in [3.05, 3.63) is 0 Å². The average Bonchev–Trinajstić information content (AvgIpc) is 2.32. The molecule has 0 aromatic carbocycles. The molecule has 0 heterocycles. The number of halogens is 6. The van der Waals surface area contributed by atoms with E-state index < -0.39 is 43.1 Å². The summed E-state index contributed by atoms with van der Waals surface area (Å²) in [6.07, 6.45) is 0.826.